The summed E-state index contributed by atoms with van der Waals surface area (Å²) in [7, 11) is 0. The number of hydrogen-bond donors (Lipinski definition) is 0. The van der Waals surface area contributed by atoms with Gasteiger partial charge in [0.25, 0.3) is 0 Å². The first-order chi connectivity index (χ1) is 9.19. The Morgan fingerprint density at radius 2 is 1.79 bits per heavy atom. The highest BCUT2D eigenvalue weighted by Crippen LogP contribution is 2.10. The van der Waals surface area contributed by atoms with E-state index in [-0.39, 0.29) is 11.7 Å². The van der Waals surface area contributed by atoms with Gasteiger partial charge in [-0.05, 0) is 24.1 Å². The van der Waals surface area contributed by atoms with Gasteiger partial charge in [0.1, 0.15) is 5.82 Å². The van der Waals surface area contributed by atoms with E-state index in [4.69, 9.17) is 0 Å². The lowest BCUT2D eigenvalue weighted by molar-refractivity contribution is -0.133. The summed E-state index contributed by atoms with van der Waals surface area (Å²) < 4.78 is 12.8. The summed E-state index contributed by atoms with van der Waals surface area (Å²) in [5, 5.41) is 0. The number of hydrogen-bond acceptors (Lipinski definition) is 2. The van der Waals surface area contributed by atoms with Gasteiger partial charge < -0.3 is 4.90 Å². The second-order valence-corrected chi connectivity index (χ2v) is 5.03. The predicted octanol–water partition coefficient (Wildman–Crippen LogP) is 2.27. The van der Waals surface area contributed by atoms with Crippen molar-refractivity contribution >= 4 is 5.91 Å². The van der Waals surface area contributed by atoms with Crippen molar-refractivity contribution in [2.45, 2.75) is 26.3 Å². The monoisotopic (exact) mass is 264 g/mol. The molecule has 0 atom stereocenters. The third kappa shape index (κ3) is 4.03. The van der Waals surface area contributed by atoms with Crippen LogP contribution in [0.3, 0.4) is 0 Å². The van der Waals surface area contributed by atoms with Crippen LogP contribution in [-0.2, 0) is 11.3 Å². The summed E-state index contributed by atoms with van der Waals surface area (Å²) in [5.41, 5.74) is 1.12. The van der Waals surface area contributed by atoms with Crippen molar-refractivity contribution in [3.05, 3.63) is 35.6 Å². The zero-order valence-corrected chi connectivity index (χ0v) is 11.4. The number of nitrogens with zero attached hydrogens (tertiary/aromatic N) is 2. The zero-order valence-electron chi connectivity index (χ0n) is 11.4. The van der Waals surface area contributed by atoms with Gasteiger partial charge >= 0.3 is 0 Å². The van der Waals surface area contributed by atoms with E-state index >= 15 is 0 Å². The largest absolute Gasteiger partial charge is 0.340 e. The van der Waals surface area contributed by atoms with Crippen LogP contribution in [0.25, 0.3) is 0 Å². The van der Waals surface area contributed by atoms with Crippen LogP contribution in [0.4, 0.5) is 4.39 Å². The lowest BCUT2D eigenvalue weighted by Gasteiger charge is -2.34. The molecule has 3 nitrogen and oxygen atoms in total. The van der Waals surface area contributed by atoms with Crippen LogP contribution in [-0.4, -0.2) is 41.9 Å². The summed E-state index contributed by atoms with van der Waals surface area (Å²) in [6.07, 6.45) is 1.56. The number of amides is 1. The molecule has 1 aliphatic heterocycles. The minimum atomic E-state index is -0.196. The van der Waals surface area contributed by atoms with Crippen molar-refractivity contribution in [3.8, 4) is 0 Å². The van der Waals surface area contributed by atoms with E-state index in [2.05, 4.69) is 4.90 Å². The smallest absolute Gasteiger partial charge is 0.222 e. The van der Waals surface area contributed by atoms with Crippen molar-refractivity contribution < 1.29 is 9.18 Å². The van der Waals surface area contributed by atoms with Gasteiger partial charge in [-0.3, -0.25) is 9.69 Å². The van der Waals surface area contributed by atoms with Crippen molar-refractivity contribution in [3.63, 3.8) is 0 Å². The molecule has 0 radical (unpaired) electrons. The molecule has 1 aliphatic rings. The first kappa shape index (κ1) is 14.0. The molecule has 0 aliphatic carbocycles. The van der Waals surface area contributed by atoms with Gasteiger partial charge in [-0.2, -0.15) is 0 Å². The molecule has 1 aromatic rings. The normalized spacial score (nSPS) is 16.6. The van der Waals surface area contributed by atoms with Gasteiger partial charge in [0.15, 0.2) is 0 Å². The topological polar surface area (TPSA) is 23.6 Å². The van der Waals surface area contributed by atoms with Crippen molar-refractivity contribution in [2.24, 2.45) is 0 Å². The maximum absolute atomic E-state index is 12.8. The number of piperazine rings is 1. The molecule has 0 saturated carbocycles. The fourth-order valence-electron chi connectivity index (χ4n) is 2.38. The number of carbonyl (C=O) groups is 1. The van der Waals surface area contributed by atoms with E-state index in [1.807, 2.05) is 24.0 Å². The third-order valence-electron chi connectivity index (χ3n) is 3.51. The molecule has 4 heteroatoms. The van der Waals surface area contributed by atoms with Crippen molar-refractivity contribution in [1.82, 2.24) is 9.80 Å². The molecular formula is C15H21FN2O. The van der Waals surface area contributed by atoms with Crippen LogP contribution in [0.15, 0.2) is 24.3 Å². The first-order valence-electron chi connectivity index (χ1n) is 6.93. The molecule has 0 bridgehead atoms. The minimum absolute atomic E-state index is 0.196. The SMILES string of the molecule is CCCC(=O)N1CCN(Cc2ccc(F)cc2)CC1. The highest BCUT2D eigenvalue weighted by atomic mass is 19.1. The van der Waals surface area contributed by atoms with Gasteiger partial charge in [0, 0.05) is 39.1 Å². The van der Waals surface area contributed by atoms with E-state index in [0.29, 0.717) is 6.42 Å². The average Bonchev–Trinajstić information content (AvgIpc) is 2.42. The summed E-state index contributed by atoms with van der Waals surface area (Å²) in [6.45, 7) is 6.26. The summed E-state index contributed by atoms with van der Waals surface area (Å²) in [6, 6.07) is 6.64. The van der Waals surface area contributed by atoms with Crippen molar-refractivity contribution in [1.29, 1.82) is 0 Å². The number of halogens is 1. The third-order valence-corrected chi connectivity index (χ3v) is 3.51. The number of benzene rings is 1. The molecule has 1 aromatic carbocycles. The lowest BCUT2D eigenvalue weighted by atomic mass is 10.2. The molecule has 1 heterocycles. The standard InChI is InChI=1S/C15H21FN2O/c1-2-3-15(19)18-10-8-17(9-11-18)12-13-4-6-14(16)7-5-13/h4-7H,2-3,8-12H2,1H3. The van der Waals surface area contributed by atoms with Crippen molar-refractivity contribution in [2.75, 3.05) is 26.2 Å². The Balaban J connectivity index is 1.80. The van der Waals surface area contributed by atoms with E-state index < -0.39 is 0 Å². The van der Waals surface area contributed by atoms with Crippen LogP contribution < -0.4 is 0 Å². The number of carbonyl (C=O) groups excluding carboxylic acids is 1. The lowest BCUT2D eigenvalue weighted by Crippen LogP contribution is -2.48. The van der Waals surface area contributed by atoms with Gasteiger partial charge in [0.2, 0.25) is 5.91 Å². The Bertz CT molecular complexity index is 411. The summed E-state index contributed by atoms with van der Waals surface area (Å²) in [4.78, 5) is 16.0. The summed E-state index contributed by atoms with van der Waals surface area (Å²) >= 11 is 0. The second-order valence-electron chi connectivity index (χ2n) is 5.03. The van der Waals surface area contributed by atoms with Crippen LogP contribution in [0, 0.1) is 5.82 Å². The average molecular weight is 264 g/mol. The fourth-order valence-corrected chi connectivity index (χ4v) is 2.38. The van der Waals surface area contributed by atoms with E-state index in [9.17, 15) is 9.18 Å². The maximum Gasteiger partial charge on any atom is 0.222 e. The van der Waals surface area contributed by atoms with Crippen LogP contribution in [0.1, 0.15) is 25.3 Å². The molecule has 104 valence electrons. The van der Waals surface area contributed by atoms with E-state index in [1.165, 1.54) is 12.1 Å². The Hall–Kier alpha value is -1.42. The molecule has 0 unspecified atom stereocenters. The predicted molar refractivity (Wildman–Crippen MR) is 73.2 cm³/mol. The molecule has 2 rings (SSSR count). The van der Waals surface area contributed by atoms with Gasteiger partial charge in [0.05, 0.1) is 0 Å². The molecule has 0 aromatic heterocycles. The number of rotatable bonds is 4. The van der Waals surface area contributed by atoms with E-state index in [0.717, 1.165) is 44.7 Å². The molecule has 1 fully saturated rings. The highest BCUT2D eigenvalue weighted by Gasteiger charge is 2.20. The van der Waals surface area contributed by atoms with Gasteiger partial charge in [-0.15, -0.1) is 0 Å². The minimum Gasteiger partial charge on any atom is -0.340 e. The van der Waals surface area contributed by atoms with E-state index in [1.54, 1.807) is 0 Å². The quantitative estimate of drug-likeness (QED) is 0.833. The zero-order chi connectivity index (χ0) is 13.7. The van der Waals surface area contributed by atoms with Crippen LogP contribution in [0.5, 0.6) is 0 Å². The molecule has 0 spiro atoms. The maximum atomic E-state index is 12.8. The Labute approximate surface area is 114 Å². The molecular weight excluding hydrogens is 243 g/mol. The van der Waals surface area contributed by atoms with Gasteiger partial charge in [-0.1, -0.05) is 19.1 Å². The Kier molecular flexibility index (Phi) is 4.91. The Morgan fingerprint density at radius 1 is 1.16 bits per heavy atom. The van der Waals surface area contributed by atoms with Crippen LogP contribution in [0.2, 0.25) is 0 Å². The summed E-state index contributed by atoms with van der Waals surface area (Å²) in [5.74, 6) is 0.0719. The molecule has 19 heavy (non-hydrogen) atoms. The highest BCUT2D eigenvalue weighted by molar-refractivity contribution is 5.76. The molecule has 1 amide bonds. The fraction of sp³-hybridized carbons (Fsp3) is 0.533. The first-order valence-corrected chi connectivity index (χ1v) is 6.93. The van der Waals surface area contributed by atoms with Gasteiger partial charge in [-0.25, -0.2) is 4.39 Å². The molecule has 1 saturated heterocycles. The molecule has 0 N–H and O–H groups in total. The van der Waals surface area contributed by atoms with Crippen LogP contribution >= 0.6 is 0 Å². The second kappa shape index (κ2) is 6.66. The Morgan fingerprint density at radius 3 is 2.37 bits per heavy atom.